The van der Waals surface area contributed by atoms with Crippen LogP contribution in [0.5, 0.6) is 0 Å². The maximum Gasteiger partial charge on any atom is 0.253 e. The van der Waals surface area contributed by atoms with Gasteiger partial charge in [0.15, 0.2) is 9.84 Å². The van der Waals surface area contributed by atoms with Gasteiger partial charge in [-0.1, -0.05) is 38.8 Å². The van der Waals surface area contributed by atoms with Crippen molar-refractivity contribution in [2.45, 2.75) is 51.2 Å². The molecule has 0 unspecified atom stereocenters. The molecule has 2 N–H and O–H groups in total. The van der Waals surface area contributed by atoms with Gasteiger partial charge in [0.2, 0.25) is 5.91 Å². The zero-order valence-electron chi connectivity index (χ0n) is 15.5. The Morgan fingerprint density at radius 1 is 1.15 bits per heavy atom. The first-order valence-electron chi connectivity index (χ1n) is 9.18. The summed E-state index contributed by atoms with van der Waals surface area (Å²) in [6.07, 6.45) is 3.18. The lowest BCUT2D eigenvalue weighted by atomic mass is 10.1. The summed E-state index contributed by atoms with van der Waals surface area (Å²) in [6, 6.07) is 6.74. The normalized spacial score (nSPS) is 15.2. The molecule has 0 bridgehead atoms. The standard InChI is InChI=1S/C19H28N2O4S/c1-14(2)13-20-19(23)16-9-5-6-10-17(16)21-18(22)11-12-26(24,25)15-7-3-4-8-15/h5-6,9-10,14-15H,3-4,7-8,11-13H2,1-2H3,(H,20,23)(H,21,22). The third kappa shape index (κ3) is 5.83. The molecule has 0 saturated heterocycles. The summed E-state index contributed by atoms with van der Waals surface area (Å²) in [7, 11) is -3.23. The molecule has 0 atom stereocenters. The molecule has 144 valence electrons. The van der Waals surface area contributed by atoms with Crippen molar-refractivity contribution in [2.24, 2.45) is 5.92 Å². The van der Waals surface area contributed by atoms with Crippen LogP contribution in [0, 0.1) is 5.92 Å². The molecule has 1 aromatic rings. The van der Waals surface area contributed by atoms with Gasteiger partial charge in [-0.3, -0.25) is 9.59 Å². The molecular formula is C19H28N2O4S. The van der Waals surface area contributed by atoms with Gasteiger partial charge in [-0.25, -0.2) is 8.42 Å². The highest BCUT2D eigenvalue weighted by molar-refractivity contribution is 7.92. The summed E-state index contributed by atoms with van der Waals surface area (Å²) in [5.41, 5.74) is 0.775. The molecule has 0 spiro atoms. The molecule has 26 heavy (non-hydrogen) atoms. The fourth-order valence-corrected chi connectivity index (χ4v) is 4.90. The van der Waals surface area contributed by atoms with Crippen molar-refractivity contribution in [3.63, 3.8) is 0 Å². The Bertz CT molecular complexity index is 738. The van der Waals surface area contributed by atoms with E-state index in [1.54, 1.807) is 24.3 Å². The minimum Gasteiger partial charge on any atom is -0.352 e. The van der Waals surface area contributed by atoms with Crippen molar-refractivity contribution < 1.29 is 18.0 Å². The SMILES string of the molecule is CC(C)CNC(=O)c1ccccc1NC(=O)CCS(=O)(=O)C1CCCC1. The van der Waals surface area contributed by atoms with E-state index in [2.05, 4.69) is 10.6 Å². The molecule has 0 aromatic heterocycles. The molecule has 6 nitrogen and oxygen atoms in total. The van der Waals surface area contributed by atoms with Crippen LogP contribution in [0.1, 0.15) is 56.3 Å². The largest absolute Gasteiger partial charge is 0.352 e. The van der Waals surface area contributed by atoms with Gasteiger partial charge in [0, 0.05) is 13.0 Å². The summed E-state index contributed by atoms with van der Waals surface area (Å²) in [5, 5.41) is 5.20. The Kier molecular flexibility index (Phi) is 7.20. The molecule has 1 aromatic carbocycles. The fraction of sp³-hybridized carbons (Fsp3) is 0.579. The highest BCUT2D eigenvalue weighted by atomic mass is 32.2. The van der Waals surface area contributed by atoms with Crippen LogP contribution in [0.15, 0.2) is 24.3 Å². The number of amides is 2. The Morgan fingerprint density at radius 2 is 1.81 bits per heavy atom. The van der Waals surface area contributed by atoms with Crippen LogP contribution in [-0.4, -0.2) is 37.8 Å². The van der Waals surface area contributed by atoms with E-state index in [0.717, 1.165) is 12.8 Å². The molecule has 1 aliphatic rings. The highest BCUT2D eigenvalue weighted by Crippen LogP contribution is 2.25. The summed E-state index contributed by atoms with van der Waals surface area (Å²) < 4.78 is 24.5. The number of anilines is 1. The quantitative estimate of drug-likeness (QED) is 0.725. The second-order valence-corrected chi connectivity index (χ2v) is 9.62. The van der Waals surface area contributed by atoms with Gasteiger partial charge in [-0.05, 0) is 30.9 Å². The lowest BCUT2D eigenvalue weighted by Gasteiger charge is -2.13. The van der Waals surface area contributed by atoms with E-state index in [4.69, 9.17) is 0 Å². The fourth-order valence-electron chi connectivity index (χ4n) is 3.04. The van der Waals surface area contributed by atoms with Crippen molar-refractivity contribution in [2.75, 3.05) is 17.6 Å². The maximum atomic E-state index is 12.3. The summed E-state index contributed by atoms with van der Waals surface area (Å²) in [6.45, 7) is 4.54. The van der Waals surface area contributed by atoms with Crippen LogP contribution in [0.2, 0.25) is 0 Å². The summed E-state index contributed by atoms with van der Waals surface area (Å²) in [5.74, 6) is -0.476. The molecule has 0 radical (unpaired) electrons. The third-order valence-corrected chi connectivity index (χ3v) is 6.80. The van der Waals surface area contributed by atoms with Gasteiger partial charge >= 0.3 is 0 Å². The molecule has 2 rings (SSSR count). The van der Waals surface area contributed by atoms with Crippen molar-refractivity contribution in [1.29, 1.82) is 0 Å². The lowest BCUT2D eigenvalue weighted by molar-refractivity contribution is -0.115. The number of hydrogen-bond donors (Lipinski definition) is 2. The highest BCUT2D eigenvalue weighted by Gasteiger charge is 2.29. The first-order chi connectivity index (χ1) is 12.3. The number of rotatable bonds is 8. The Labute approximate surface area is 155 Å². The first kappa shape index (κ1) is 20.4. The van der Waals surface area contributed by atoms with E-state index >= 15 is 0 Å². The molecule has 7 heteroatoms. The first-order valence-corrected chi connectivity index (χ1v) is 10.9. The number of carbonyl (C=O) groups is 2. The van der Waals surface area contributed by atoms with E-state index in [1.165, 1.54) is 0 Å². The molecule has 1 saturated carbocycles. The predicted octanol–water partition coefficient (Wildman–Crippen LogP) is 2.76. The van der Waals surface area contributed by atoms with Gasteiger partial charge < -0.3 is 10.6 Å². The van der Waals surface area contributed by atoms with E-state index < -0.39 is 15.7 Å². The van der Waals surface area contributed by atoms with E-state index in [9.17, 15) is 18.0 Å². The average Bonchev–Trinajstić information content (AvgIpc) is 3.14. The Morgan fingerprint density at radius 3 is 2.46 bits per heavy atom. The smallest absolute Gasteiger partial charge is 0.253 e. The van der Waals surface area contributed by atoms with E-state index in [0.29, 0.717) is 36.6 Å². The molecule has 0 heterocycles. The maximum absolute atomic E-state index is 12.3. The van der Waals surface area contributed by atoms with Gasteiger partial charge in [0.05, 0.1) is 22.3 Å². The second kappa shape index (κ2) is 9.16. The molecule has 1 fully saturated rings. The minimum atomic E-state index is -3.23. The average molecular weight is 381 g/mol. The lowest BCUT2D eigenvalue weighted by Crippen LogP contribution is -2.29. The predicted molar refractivity (Wildman–Crippen MR) is 103 cm³/mol. The van der Waals surface area contributed by atoms with Gasteiger partial charge in [-0.15, -0.1) is 0 Å². The van der Waals surface area contributed by atoms with Crippen LogP contribution >= 0.6 is 0 Å². The zero-order valence-corrected chi connectivity index (χ0v) is 16.3. The van der Waals surface area contributed by atoms with Crippen LogP contribution in [0.25, 0.3) is 0 Å². The van der Waals surface area contributed by atoms with Crippen molar-refractivity contribution in [3.8, 4) is 0 Å². The van der Waals surface area contributed by atoms with E-state index in [-0.39, 0.29) is 23.3 Å². The molecule has 2 amide bonds. The summed E-state index contributed by atoms with van der Waals surface area (Å²) in [4.78, 5) is 24.5. The molecular weight excluding hydrogens is 352 g/mol. The third-order valence-electron chi connectivity index (χ3n) is 4.54. The van der Waals surface area contributed by atoms with Gasteiger partial charge in [0.1, 0.15) is 0 Å². The second-order valence-electron chi connectivity index (χ2n) is 7.22. The van der Waals surface area contributed by atoms with Crippen molar-refractivity contribution in [1.82, 2.24) is 5.32 Å². The van der Waals surface area contributed by atoms with Crippen LogP contribution < -0.4 is 10.6 Å². The number of benzene rings is 1. The minimum absolute atomic E-state index is 0.0964. The zero-order chi connectivity index (χ0) is 19.2. The Balaban J connectivity index is 1.95. The molecule has 1 aliphatic carbocycles. The summed E-state index contributed by atoms with van der Waals surface area (Å²) >= 11 is 0. The number of sulfone groups is 1. The van der Waals surface area contributed by atoms with E-state index in [1.807, 2.05) is 13.8 Å². The van der Waals surface area contributed by atoms with Crippen molar-refractivity contribution in [3.05, 3.63) is 29.8 Å². The van der Waals surface area contributed by atoms with Crippen LogP contribution in [-0.2, 0) is 14.6 Å². The number of carbonyl (C=O) groups excluding carboxylic acids is 2. The van der Waals surface area contributed by atoms with Crippen LogP contribution in [0.4, 0.5) is 5.69 Å². The number of nitrogens with one attached hydrogen (secondary N) is 2. The van der Waals surface area contributed by atoms with Gasteiger partial charge in [0.25, 0.3) is 5.91 Å². The topological polar surface area (TPSA) is 92.3 Å². The molecule has 0 aliphatic heterocycles. The Hall–Kier alpha value is -1.89. The van der Waals surface area contributed by atoms with Crippen molar-refractivity contribution >= 4 is 27.3 Å². The number of para-hydroxylation sites is 1. The van der Waals surface area contributed by atoms with Crippen LogP contribution in [0.3, 0.4) is 0 Å². The number of hydrogen-bond acceptors (Lipinski definition) is 4. The monoisotopic (exact) mass is 380 g/mol. The van der Waals surface area contributed by atoms with Gasteiger partial charge in [-0.2, -0.15) is 0 Å².